The van der Waals surface area contributed by atoms with Gasteiger partial charge in [0.2, 0.25) is 0 Å². The van der Waals surface area contributed by atoms with E-state index in [2.05, 4.69) is 81.8 Å². The number of aromatic nitrogens is 2. The molecule has 2 aromatic carbocycles. The second-order valence-electron chi connectivity index (χ2n) is 9.18. The van der Waals surface area contributed by atoms with Crippen LogP contribution in [0, 0.1) is 6.92 Å². The number of imidazole rings is 1. The third-order valence-electron chi connectivity index (χ3n) is 6.40. The van der Waals surface area contributed by atoms with E-state index in [9.17, 15) is 0 Å². The normalized spacial score (nSPS) is 15.3. The molecule has 2 heterocycles. The van der Waals surface area contributed by atoms with Gasteiger partial charge in [0.25, 0.3) is 0 Å². The van der Waals surface area contributed by atoms with Crippen LogP contribution in [0.3, 0.4) is 0 Å². The molecule has 0 radical (unpaired) electrons. The molecule has 1 saturated heterocycles. The number of aryl methyl sites for hydroxylation is 1. The van der Waals surface area contributed by atoms with Crippen LogP contribution in [0.2, 0.25) is 0 Å². The summed E-state index contributed by atoms with van der Waals surface area (Å²) in [6, 6.07) is 13.5. The Bertz CT molecular complexity index is 980. The zero-order valence-corrected chi connectivity index (χ0v) is 19.0. The van der Waals surface area contributed by atoms with Crippen molar-refractivity contribution in [3.8, 4) is 17.1 Å². The van der Waals surface area contributed by atoms with Crippen molar-refractivity contribution in [2.24, 2.45) is 0 Å². The van der Waals surface area contributed by atoms with Gasteiger partial charge in [0.05, 0.1) is 5.69 Å². The number of benzene rings is 2. The summed E-state index contributed by atoms with van der Waals surface area (Å²) in [4.78, 5) is 4.78. The number of ether oxygens (including phenoxy) is 1. The van der Waals surface area contributed by atoms with Gasteiger partial charge in [-0.25, -0.2) is 4.98 Å². The van der Waals surface area contributed by atoms with E-state index in [-0.39, 0.29) is 0 Å². The van der Waals surface area contributed by atoms with E-state index in [4.69, 9.17) is 9.72 Å². The highest BCUT2D eigenvalue weighted by molar-refractivity contribution is 5.65. The van der Waals surface area contributed by atoms with E-state index in [1.54, 1.807) is 0 Å². The van der Waals surface area contributed by atoms with Gasteiger partial charge in [-0.1, -0.05) is 64.1 Å². The summed E-state index contributed by atoms with van der Waals surface area (Å²) in [5.41, 5.74) is 8.06. The second kappa shape index (κ2) is 8.77. The number of rotatable bonds is 5. The van der Waals surface area contributed by atoms with Gasteiger partial charge >= 0.3 is 0 Å². The van der Waals surface area contributed by atoms with Crippen molar-refractivity contribution in [2.75, 3.05) is 13.2 Å². The van der Waals surface area contributed by atoms with Crippen molar-refractivity contribution in [3.63, 3.8) is 0 Å². The van der Waals surface area contributed by atoms with Gasteiger partial charge in [0.1, 0.15) is 5.82 Å². The monoisotopic (exact) mass is 402 g/mol. The van der Waals surface area contributed by atoms with Gasteiger partial charge in [0.15, 0.2) is 0 Å². The quantitative estimate of drug-likeness (QED) is 0.460. The molecule has 0 bridgehead atoms. The second-order valence-corrected chi connectivity index (χ2v) is 9.18. The molecule has 3 nitrogen and oxygen atoms in total. The molecule has 0 spiro atoms. The first-order chi connectivity index (χ1) is 14.5. The third-order valence-corrected chi connectivity index (χ3v) is 6.40. The van der Waals surface area contributed by atoms with Crippen LogP contribution in [0.15, 0.2) is 48.8 Å². The van der Waals surface area contributed by atoms with Crippen LogP contribution < -0.4 is 0 Å². The molecule has 1 aliphatic heterocycles. The summed E-state index contributed by atoms with van der Waals surface area (Å²) in [7, 11) is 0. The van der Waals surface area contributed by atoms with E-state index >= 15 is 0 Å². The largest absolute Gasteiger partial charge is 0.381 e. The zero-order valence-electron chi connectivity index (χ0n) is 19.0. The maximum atomic E-state index is 5.62. The molecule has 1 aromatic heterocycles. The van der Waals surface area contributed by atoms with Gasteiger partial charge in [-0.3, -0.25) is 4.57 Å². The van der Waals surface area contributed by atoms with Crippen molar-refractivity contribution in [3.05, 3.63) is 71.0 Å². The van der Waals surface area contributed by atoms with Crippen molar-refractivity contribution < 1.29 is 4.74 Å². The summed E-state index contributed by atoms with van der Waals surface area (Å²) in [6.07, 6.45) is 6.30. The standard InChI is InChI=1S/C27H34N2O/c1-18(2)24-16-22(21-10-14-30-15-11-21)17-25(19(3)4)26(24)29-13-12-28-27(29)23-9-7-6-8-20(23)5/h6-9,12-13,16-19,21H,10-11,14-15H2,1-5H3. The fourth-order valence-electron chi connectivity index (χ4n) is 4.64. The highest BCUT2D eigenvalue weighted by Crippen LogP contribution is 2.38. The van der Waals surface area contributed by atoms with Crippen LogP contribution in [0.1, 0.15) is 80.5 Å². The molecule has 0 aliphatic carbocycles. The first kappa shape index (κ1) is 20.9. The summed E-state index contributed by atoms with van der Waals surface area (Å²) in [6.45, 7) is 13.1. The van der Waals surface area contributed by atoms with Crippen molar-refractivity contribution in [2.45, 2.75) is 65.2 Å². The first-order valence-corrected chi connectivity index (χ1v) is 11.3. The van der Waals surface area contributed by atoms with Crippen molar-refractivity contribution >= 4 is 0 Å². The Balaban J connectivity index is 1.92. The number of hydrogen-bond donors (Lipinski definition) is 0. The highest BCUT2D eigenvalue weighted by atomic mass is 16.5. The van der Waals surface area contributed by atoms with Crippen LogP contribution in [0.5, 0.6) is 0 Å². The molecule has 30 heavy (non-hydrogen) atoms. The number of hydrogen-bond acceptors (Lipinski definition) is 2. The Morgan fingerprint density at radius 1 is 0.967 bits per heavy atom. The van der Waals surface area contributed by atoms with E-state index < -0.39 is 0 Å². The van der Waals surface area contributed by atoms with Crippen LogP contribution in [0.25, 0.3) is 17.1 Å². The predicted molar refractivity (Wildman–Crippen MR) is 125 cm³/mol. The molecule has 0 amide bonds. The summed E-state index contributed by atoms with van der Waals surface area (Å²) in [5.74, 6) is 2.49. The molecule has 0 unspecified atom stereocenters. The van der Waals surface area contributed by atoms with Crippen LogP contribution in [0.4, 0.5) is 0 Å². The Morgan fingerprint density at radius 3 is 2.20 bits per heavy atom. The van der Waals surface area contributed by atoms with Gasteiger partial charge in [-0.05, 0) is 59.8 Å². The molecule has 158 valence electrons. The molecule has 3 heteroatoms. The molecule has 0 N–H and O–H groups in total. The Hall–Kier alpha value is -2.39. The van der Waals surface area contributed by atoms with Gasteiger partial charge in [-0.15, -0.1) is 0 Å². The molecule has 1 fully saturated rings. The molecule has 0 atom stereocenters. The molecule has 1 aliphatic rings. The van der Waals surface area contributed by atoms with Crippen molar-refractivity contribution in [1.29, 1.82) is 0 Å². The molecule has 4 rings (SSSR count). The Labute approximate surface area is 181 Å². The third kappa shape index (κ3) is 3.96. The Kier molecular flexibility index (Phi) is 6.10. The van der Waals surface area contributed by atoms with Crippen molar-refractivity contribution in [1.82, 2.24) is 9.55 Å². The lowest BCUT2D eigenvalue weighted by atomic mass is 9.84. The van der Waals surface area contributed by atoms with E-state index in [1.165, 1.54) is 33.5 Å². The minimum Gasteiger partial charge on any atom is -0.381 e. The van der Waals surface area contributed by atoms with Crippen LogP contribution in [-0.2, 0) is 4.74 Å². The maximum Gasteiger partial charge on any atom is 0.144 e. The lowest BCUT2D eigenvalue weighted by molar-refractivity contribution is 0.0853. The van der Waals surface area contributed by atoms with E-state index in [0.717, 1.165) is 31.9 Å². The maximum absolute atomic E-state index is 5.62. The minimum atomic E-state index is 0.435. The van der Waals surface area contributed by atoms with Crippen LogP contribution >= 0.6 is 0 Å². The lowest BCUT2D eigenvalue weighted by Crippen LogP contribution is -2.16. The minimum absolute atomic E-state index is 0.435. The predicted octanol–water partition coefficient (Wildman–Crippen LogP) is 6.99. The summed E-state index contributed by atoms with van der Waals surface area (Å²) in [5, 5.41) is 0. The summed E-state index contributed by atoms with van der Waals surface area (Å²) < 4.78 is 7.94. The number of nitrogens with zero attached hydrogens (tertiary/aromatic N) is 2. The average molecular weight is 403 g/mol. The fraction of sp³-hybridized carbons (Fsp3) is 0.444. The SMILES string of the molecule is Cc1ccccc1-c1nccn1-c1c(C(C)C)cc(C2CCOCC2)cc1C(C)C. The Morgan fingerprint density at radius 2 is 1.60 bits per heavy atom. The molecule has 3 aromatic rings. The van der Waals surface area contributed by atoms with E-state index in [0.29, 0.717) is 17.8 Å². The fourth-order valence-corrected chi connectivity index (χ4v) is 4.64. The average Bonchev–Trinajstić information content (AvgIpc) is 3.22. The molecular weight excluding hydrogens is 368 g/mol. The topological polar surface area (TPSA) is 27.1 Å². The van der Waals surface area contributed by atoms with Gasteiger partial charge in [0, 0.05) is 31.2 Å². The summed E-state index contributed by atoms with van der Waals surface area (Å²) >= 11 is 0. The van der Waals surface area contributed by atoms with Crippen LogP contribution in [-0.4, -0.2) is 22.8 Å². The smallest absolute Gasteiger partial charge is 0.144 e. The zero-order chi connectivity index (χ0) is 21.3. The lowest BCUT2D eigenvalue weighted by Gasteiger charge is -2.28. The molecule has 0 saturated carbocycles. The van der Waals surface area contributed by atoms with E-state index in [1.807, 2.05) is 6.20 Å². The van der Waals surface area contributed by atoms with Gasteiger partial charge < -0.3 is 4.74 Å². The first-order valence-electron chi connectivity index (χ1n) is 11.3. The highest BCUT2D eigenvalue weighted by Gasteiger charge is 2.24. The van der Waals surface area contributed by atoms with Gasteiger partial charge in [-0.2, -0.15) is 0 Å². The molecular formula is C27H34N2O.